The summed E-state index contributed by atoms with van der Waals surface area (Å²) in [4.78, 5) is 14.1. The average molecular weight is 315 g/mol. The van der Waals surface area contributed by atoms with Gasteiger partial charge in [0.2, 0.25) is 0 Å². The maximum atomic E-state index is 12.1. The number of rotatable bonds is 5. The fourth-order valence-electron chi connectivity index (χ4n) is 2.49. The first-order valence-electron chi connectivity index (χ1n) is 7.79. The largest absolute Gasteiger partial charge is 0.454 e. The van der Waals surface area contributed by atoms with Crippen LogP contribution >= 0.6 is 0 Å². The van der Waals surface area contributed by atoms with Crippen molar-refractivity contribution in [3.8, 4) is 0 Å². The molecule has 0 saturated carbocycles. The molecule has 124 valence electrons. The number of hydrazone groups is 1. The molecule has 2 rings (SSSR count). The molecule has 1 N–H and O–H groups in total. The Labute approximate surface area is 137 Å². The van der Waals surface area contributed by atoms with Crippen LogP contribution in [0.5, 0.6) is 0 Å². The molecular formula is C18H25N3O2. The van der Waals surface area contributed by atoms with Gasteiger partial charge in [-0.2, -0.15) is 5.10 Å². The predicted molar refractivity (Wildman–Crippen MR) is 92.3 cm³/mol. The Morgan fingerprint density at radius 3 is 2.87 bits per heavy atom. The van der Waals surface area contributed by atoms with Crippen molar-refractivity contribution in [1.82, 2.24) is 10.3 Å². The molecule has 0 fully saturated rings. The second-order valence-corrected chi connectivity index (χ2v) is 6.37. The number of nitrogens with zero attached hydrogens (tertiary/aromatic N) is 2. The van der Waals surface area contributed by atoms with E-state index in [1.807, 2.05) is 38.9 Å². The van der Waals surface area contributed by atoms with Gasteiger partial charge in [-0.15, -0.1) is 0 Å². The van der Waals surface area contributed by atoms with Crippen molar-refractivity contribution in [2.45, 2.75) is 33.2 Å². The summed E-state index contributed by atoms with van der Waals surface area (Å²) < 4.78 is 5.53. The van der Waals surface area contributed by atoms with Gasteiger partial charge in [0.25, 0.3) is 0 Å². The van der Waals surface area contributed by atoms with Gasteiger partial charge in [-0.1, -0.05) is 18.2 Å². The first kappa shape index (κ1) is 17.2. The van der Waals surface area contributed by atoms with E-state index in [4.69, 9.17) is 4.42 Å². The van der Waals surface area contributed by atoms with Crippen molar-refractivity contribution in [2.24, 2.45) is 11.0 Å². The van der Waals surface area contributed by atoms with Gasteiger partial charge in [0.15, 0.2) is 5.76 Å². The molecule has 0 radical (unpaired) electrons. The molecule has 0 aliphatic heterocycles. The summed E-state index contributed by atoms with van der Waals surface area (Å²) >= 11 is 0. The van der Waals surface area contributed by atoms with Gasteiger partial charge >= 0.3 is 5.91 Å². The van der Waals surface area contributed by atoms with E-state index in [0.717, 1.165) is 35.5 Å². The summed E-state index contributed by atoms with van der Waals surface area (Å²) in [7, 11) is 3.90. The van der Waals surface area contributed by atoms with E-state index >= 15 is 0 Å². The lowest BCUT2D eigenvalue weighted by Gasteiger charge is -2.22. The number of hydrogen-bond acceptors (Lipinski definition) is 4. The van der Waals surface area contributed by atoms with E-state index in [-0.39, 0.29) is 11.7 Å². The highest BCUT2D eigenvalue weighted by atomic mass is 16.4. The normalized spacial score (nSPS) is 19.8. The van der Waals surface area contributed by atoms with Crippen LogP contribution in [0, 0.1) is 5.92 Å². The first-order chi connectivity index (χ1) is 10.9. The standard InChI is InChI=1S/C18H25N3O2/c1-12(2)14-7-6-13(3)16(10-14)19-20-18(22)17-9-8-15(23-17)11-21(4)5/h6,8-9,14H,1,7,10-11H2,2-5H3,(H,20,22)/b19-16-/t14-/m1/s1. The summed E-state index contributed by atoms with van der Waals surface area (Å²) in [5, 5.41) is 4.28. The molecule has 1 heterocycles. The van der Waals surface area contributed by atoms with E-state index in [1.165, 1.54) is 0 Å². The van der Waals surface area contributed by atoms with E-state index < -0.39 is 0 Å². The molecule has 1 aromatic rings. The smallest absolute Gasteiger partial charge is 0.307 e. The van der Waals surface area contributed by atoms with Gasteiger partial charge in [-0.3, -0.25) is 4.79 Å². The number of carbonyl (C=O) groups excluding carboxylic acids is 1. The molecular weight excluding hydrogens is 290 g/mol. The minimum atomic E-state index is -0.326. The number of hydrogen-bond donors (Lipinski definition) is 1. The molecule has 0 saturated heterocycles. The van der Waals surface area contributed by atoms with Crippen molar-refractivity contribution in [3.63, 3.8) is 0 Å². The van der Waals surface area contributed by atoms with E-state index in [0.29, 0.717) is 12.5 Å². The highest BCUT2D eigenvalue weighted by molar-refractivity contribution is 6.02. The Morgan fingerprint density at radius 2 is 2.22 bits per heavy atom. The SMILES string of the molecule is C=C(C)[C@@H]1CC=C(C)/C(=N\NC(=O)c2ccc(CN(C)C)o2)C1. The average Bonchev–Trinajstić information content (AvgIpc) is 2.93. The van der Waals surface area contributed by atoms with Gasteiger partial charge in [-0.25, -0.2) is 5.43 Å². The number of nitrogens with one attached hydrogen (secondary N) is 1. The van der Waals surface area contributed by atoms with E-state index in [9.17, 15) is 4.79 Å². The van der Waals surface area contributed by atoms with Crippen LogP contribution in [-0.4, -0.2) is 30.6 Å². The van der Waals surface area contributed by atoms with Crippen LogP contribution < -0.4 is 5.43 Å². The summed E-state index contributed by atoms with van der Waals surface area (Å²) in [6.07, 6.45) is 3.94. The third-order valence-corrected chi connectivity index (χ3v) is 3.95. The quantitative estimate of drug-likeness (QED) is 0.669. The number of allylic oxidation sites excluding steroid dienone is 3. The molecule has 23 heavy (non-hydrogen) atoms. The maximum Gasteiger partial charge on any atom is 0.307 e. The minimum absolute atomic E-state index is 0.278. The number of furan rings is 1. The predicted octanol–water partition coefficient (Wildman–Crippen LogP) is 3.36. The highest BCUT2D eigenvalue weighted by Crippen LogP contribution is 2.26. The number of amides is 1. The molecule has 5 heteroatoms. The van der Waals surface area contributed by atoms with Crippen LogP contribution in [0.25, 0.3) is 0 Å². The topological polar surface area (TPSA) is 57.8 Å². The lowest BCUT2D eigenvalue weighted by Crippen LogP contribution is -2.23. The second-order valence-electron chi connectivity index (χ2n) is 6.37. The van der Waals surface area contributed by atoms with E-state index in [2.05, 4.69) is 23.2 Å². The minimum Gasteiger partial charge on any atom is -0.454 e. The Bertz CT molecular complexity index is 653. The Kier molecular flexibility index (Phi) is 5.55. The van der Waals surface area contributed by atoms with Gasteiger partial charge < -0.3 is 9.32 Å². The van der Waals surface area contributed by atoms with Crippen molar-refractivity contribution in [1.29, 1.82) is 0 Å². The molecule has 0 spiro atoms. The van der Waals surface area contributed by atoms with Gasteiger partial charge in [-0.05, 0) is 64.4 Å². The molecule has 1 aliphatic carbocycles. The third kappa shape index (κ3) is 4.66. The molecule has 5 nitrogen and oxygen atoms in total. The summed E-state index contributed by atoms with van der Waals surface area (Å²) in [6.45, 7) is 8.72. The Balaban J connectivity index is 2.02. The summed E-state index contributed by atoms with van der Waals surface area (Å²) in [5.74, 6) is 1.10. The second kappa shape index (κ2) is 7.42. The van der Waals surface area contributed by atoms with Gasteiger partial charge in [0.1, 0.15) is 5.76 Å². The zero-order valence-electron chi connectivity index (χ0n) is 14.3. The molecule has 1 amide bonds. The van der Waals surface area contributed by atoms with Crippen LogP contribution in [0.2, 0.25) is 0 Å². The number of carbonyl (C=O) groups is 1. The zero-order valence-corrected chi connectivity index (χ0v) is 14.3. The molecule has 0 aromatic carbocycles. The Morgan fingerprint density at radius 1 is 1.48 bits per heavy atom. The van der Waals surface area contributed by atoms with Crippen LogP contribution in [0.15, 0.2) is 45.5 Å². The van der Waals surface area contributed by atoms with Crippen LogP contribution in [0.4, 0.5) is 0 Å². The third-order valence-electron chi connectivity index (χ3n) is 3.95. The summed E-state index contributed by atoms with van der Waals surface area (Å²) in [5.41, 5.74) is 5.75. The lowest BCUT2D eigenvalue weighted by molar-refractivity contribution is 0.0924. The van der Waals surface area contributed by atoms with Crippen molar-refractivity contribution in [2.75, 3.05) is 14.1 Å². The maximum absolute atomic E-state index is 12.1. The van der Waals surface area contributed by atoms with Crippen LogP contribution in [-0.2, 0) is 6.54 Å². The molecule has 0 bridgehead atoms. The lowest BCUT2D eigenvalue weighted by atomic mass is 9.85. The van der Waals surface area contributed by atoms with Gasteiger partial charge in [0, 0.05) is 0 Å². The van der Waals surface area contributed by atoms with Crippen LogP contribution in [0.1, 0.15) is 43.0 Å². The van der Waals surface area contributed by atoms with Gasteiger partial charge in [0.05, 0.1) is 12.3 Å². The summed E-state index contributed by atoms with van der Waals surface area (Å²) in [6, 6.07) is 3.49. The fraction of sp³-hybridized carbons (Fsp3) is 0.444. The molecule has 1 aliphatic rings. The van der Waals surface area contributed by atoms with Crippen molar-refractivity contribution >= 4 is 11.6 Å². The monoisotopic (exact) mass is 315 g/mol. The first-order valence-corrected chi connectivity index (χ1v) is 7.79. The highest BCUT2D eigenvalue weighted by Gasteiger charge is 2.19. The molecule has 1 atom stereocenters. The fourth-order valence-corrected chi connectivity index (χ4v) is 2.49. The van der Waals surface area contributed by atoms with Crippen LogP contribution in [0.3, 0.4) is 0 Å². The molecule has 0 unspecified atom stereocenters. The van der Waals surface area contributed by atoms with Crippen molar-refractivity contribution in [3.05, 3.63) is 47.5 Å². The van der Waals surface area contributed by atoms with Crippen molar-refractivity contribution < 1.29 is 9.21 Å². The molecule has 1 aromatic heterocycles. The van der Waals surface area contributed by atoms with E-state index in [1.54, 1.807) is 6.07 Å². The zero-order chi connectivity index (χ0) is 17.0. The Hall–Kier alpha value is -2.14.